The molecule has 1 rings (SSSR count). The molecule has 0 amide bonds. The number of benzene rings is 1. The summed E-state index contributed by atoms with van der Waals surface area (Å²) in [4.78, 5) is 0. The van der Waals surface area contributed by atoms with E-state index in [2.05, 4.69) is 0 Å². The lowest BCUT2D eigenvalue weighted by atomic mass is 10.1. The van der Waals surface area contributed by atoms with Gasteiger partial charge in [-0.2, -0.15) is 5.26 Å². The van der Waals surface area contributed by atoms with E-state index in [9.17, 15) is 5.11 Å². The van der Waals surface area contributed by atoms with Crippen molar-refractivity contribution >= 4 is 0 Å². The van der Waals surface area contributed by atoms with E-state index >= 15 is 0 Å². The summed E-state index contributed by atoms with van der Waals surface area (Å²) in [5.74, 6) is 0. The van der Waals surface area contributed by atoms with Crippen LogP contribution in [-0.2, 0) is 0 Å². The van der Waals surface area contributed by atoms with Crippen LogP contribution in [-0.4, -0.2) is 5.11 Å². The van der Waals surface area contributed by atoms with Gasteiger partial charge in [0.1, 0.15) is 0 Å². The van der Waals surface area contributed by atoms with Crippen LogP contribution in [0.1, 0.15) is 20.8 Å². The van der Waals surface area contributed by atoms with Crippen molar-refractivity contribution in [1.82, 2.24) is 0 Å². The summed E-state index contributed by atoms with van der Waals surface area (Å²) in [6.07, 6.45) is -3.62. The van der Waals surface area contributed by atoms with E-state index in [1.165, 1.54) is 6.07 Å². The van der Waals surface area contributed by atoms with Gasteiger partial charge in [0.2, 0.25) is 0 Å². The van der Waals surface area contributed by atoms with Crippen LogP contribution in [0.5, 0.6) is 0 Å². The highest BCUT2D eigenvalue weighted by atomic mass is 16.3. The molecule has 0 aliphatic rings. The second-order valence-electron chi connectivity index (χ2n) is 2.07. The van der Waals surface area contributed by atoms with Crippen LogP contribution in [0.15, 0.2) is 30.3 Å². The molecule has 1 N–H and O–H groups in total. The molecule has 1 aromatic carbocycles. The van der Waals surface area contributed by atoms with Crippen molar-refractivity contribution < 1.29 is 7.85 Å². The first-order valence-corrected chi connectivity index (χ1v) is 3.22. The van der Waals surface area contributed by atoms with Crippen molar-refractivity contribution in [2.24, 2.45) is 0 Å². The van der Waals surface area contributed by atoms with Gasteiger partial charge in [0.15, 0.2) is 0 Å². The largest absolute Gasteiger partial charge is 0.387 e. The molecule has 0 bridgehead atoms. The Bertz CT molecular complexity index is 318. The quantitative estimate of drug-likeness (QED) is 0.694. The monoisotopic (exact) mass is 149 g/mol. The van der Waals surface area contributed by atoms with Gasteiger partial charge in [-0.3, -0.25) is 0 Å². The van der Waals surface area contributed by atoms with Gasteiger partial charge in [-0.1, -0.05) is 30.3 Å². The smallest absolute Gasteiger partial charge is 0.0919 e. The molecule has 0 heterocycles. The summed E-state index contributed by atoms with van der Waals surface area (Å²) in [5, 5.41) is 17.9. The van der Waals surface area contributed by atoms with Crippen LogP contribution < -0.4 is 0 Å². The highest BCUT2D eigenvalue weighted by Crippen LogP contribution is 2.14. The molecular weight excluding hydrogens is 138 g/mol. The molecule has 1 aromatic rings. The molecule has 0 aliphatic heterocycles. The zero-order valence-corrected chi connectivity index (χ0v) is 5.86. The van der Waals surface area contributed by atoms with Crippen LogP contribution in [0.4, 0.5) is 0 Å². The molecular formula is C9H9NO. The van der Waals surface area contributed by atoms with Crippen LogP contribution in [0, 0.1) is 11.3 Å². The number of hydrogen-bond donors (Lipinski definition) is 1. The van der Waals surface area contributed by atoms with Crippen LogP contribution in [0.25, 0.3) is 0 Å². The van der Waals surface area contributed by atoms with Crippen molar-refractivity contribution in [1.29, 1.82) is 5.26 Å². The number of aliphatic hydroxyl groups is 1. The third kappa shape index (κ3) is 2.06. The van der Waals surface area contributed by atoms with E-state index in [0.29, 0.717) is 5.56 Å². The van der Waals surface area contributed by atoms with Gasteiger partial charge in [0.25, 0.3) is 0 Å². The molecule has 0 fully saturated rings. The SMILES string of the molecule is [2H]C([2H])(C#N)C(O)c1ccccc1. The first-order chi connectivity index (χ1) is 6.08. The highest BCUT2D eigenvalue weighted by molar-refractivity contribution is 5.17. The van der Waals surface area contributed by atoms with E-state index < -0.39 is 12.5 Å². The summed E-state index contributed by atoms with van der Waals surface area (Å²) in [7, 11) is 0. The average Bonchev–Trinajstić information content (AvgIpc) is 2.18. The lowest BCUT2D eigenvalue weighted by Gasteiger charge is -2.04. The van der Waals surface area contributed by atoms with Gasteiger partial charge in [-0.05, 0) is 5.56 Å². The Kier molecular flexibility index (Phi) is 1.82. The second-order valence-corrected chi connectivity index (χ2v) is 2.07. The zero-order chi connectivity index (χ0) is 9.90. The molecule has 0 saturated carbocycles. The molecule has 0 aliphatic carbocycles. The molecule has 0 saturated heterocycles. The van der Waals surface area contributed by atoms with Gasteiger partial charge in [0, 0.05) is 2.74 Å². The van der Waals surface area contributed by atoms with Crippen molar-refractivity contribution in [3.05, 3.63) is 35.9 Å². The Morgan fingerprint density at radius 2 is 2.18 bits per heavy atom. The summed E-state index contributed by atoms with van der Waals surface area (Å²) < 4.78 is 14.3. The molecule has 56 valence electrons. The van der Waals surface area contributed by atoms with E-state index in [0.717, 1.165) is 0 Å². The third-order valence-corrected chi connectivity index (χ3v) is 1.32. The zero-order valence-electron chi connectivity index (χ0n) is 7.86. The predicted molar refractivity (Wildman–Crippen MR) is 41.6 cm³/mol. The maximum atomic E-state index is 9.45. The average molecular weight is 149 g/mol. The van der Waals surface area contributed by atoms with E-state index in [1.807, 2.05) is 0 Å². The van der Waals surface area contributed by atoms with Crippen LogP contribution in [0.2, 0.25) is 0 Å². The van der Waals surface area contributed by atoms with Gasteiger partial charge < -0.3 is 5.11 Å². The minimum atomic E-state index is -2.23. The molecule has 2 nitrogen and oxygen atoms in total. The van der Waals surface area contributed by atoms with Crippen molar-refractivity contribution in [3.63, 3.8) is 0 Å². The standard InChI is InChI=1S/C9H9NO/c10-7-6-9(11)8-4-2-1-3-5-8/h1-5,9,11H,6H2/i6D2. The molecule has 0 spiro atoms. The summed E-state index contributed by atoms with van der Waals surface area (Å²) in [5.41, 5.74) is 0.411. The van der Waals surface area contributed by atoms with Crippen molar-refractivity contribution in [2.45, 2.75) is 12.5 Å². The Labute approximate surface area is 68.5 Å². The number of nitriles is 1. The Balaban J connectivity index is 2.94. The van der Waals surface area contributed by atoms with Gasteiger partial charge in [0.05, 0.1) is 18.5 Å². The normalized spacial score (nSPS) is 16.0. The van der Waals surface area contributed by atoms with Gasteiger partial charge >= 0.3 is 0 Å². The lowest BCUT2D eigenvalue weighted by Crippen LogP contribution is -1.94. The highest BCUT2D eigenvalue weighted by Gasteiger charge is 2.03. The number of rotatable bonds is 2. The minimum absolute atomic E-state index is 0.411. The van der Waals surface area contributed by atoms with E-state index in [-0.39, 0.29) is 0 Å². The number of hydrogen-bond acceptors (Lipinski definition) is 2. The van der Waals surface area contributed by atoms with E-state index in [4.69, 9.17) is 8.00 Å². The topological polar surface area (TPSA) is 44.0 Å². The Hall–Kier alpha value is -1.33. The summed E-state index contributed by atoms with van der Waals surface area (Å²) in [6.45, 7) is 0. The fourth-order valence-electron chi connectivity index (χ4n) is 0.780. The van der Waals surface area contributed by atoms with E-state index in [1.54, 1.807) is 30.3 Å². The first kappa shape index (κ1) is 5.34. The van der Waals surface area contributed by atoms with Crippen molar-refractivity contribution in [2.75, 3.05) is 0 Å². The maximum Gasteiger partial charge on any atom is 0.0919 e. The summed E-state index contributed by atoms with van der Waals surface area (Å²) in [6, 6.07) is 9.72. The fraction of sp³-hybridized carbons (Fsp3) is 0.222. The lowest BCUT2D eigenvalue weighted by molar-refractivity contribution is 0.183. The third-order valence-electron chi connectivity index (χ3n) is 1.32. The summed E-state index contributed by atoms with van der Waals surface area (Å²) >= 11 is 0. The molecule has 1 unspecified atom stereocenters. The Morgan fingerprint density at radius 3 is 2.73 bits per heavy atom. The van der Waals surface area contributed by atoms with Crippen molar-refractivity contribution in [3.8, 4) is 6.07 Å². The molecule has 0 radical (unpaired) electrons. The molecule has 11 heavy (non-hydrogen) atoms. The van der Waals surface area contributed by atoms with Gasteiger partial charge in [-0.25, -0.2) is 0 Å². The maximum absolute atomic E-state index is 9.45. The number of nitrogens with zero attached hydrogens (tertiary/aromatic N) is 1. The Morgan fingerprint density at radius 1 is 1.55 bits per heavy atom. The van der Waals surface area contributed by atoms with Crippen LogP contribution >= 0.6 is 0 Å². The predicted octanol–water partition coefficient (Wildman–Crippen LogP) is 1.63. The minimum Gasteiger partial charge on any atom is -0.387 e. The number of aliphatic hydroxyl groups excluding tert-OH is 1. The molecule has 0 aromatic heterocycles. The van der Waals surface area contributed by atoms with Gasteiger partial charge in [-0.15, -0.1) is 0 Å². The molecule has 2 heteroatoms. The van der Waals surface area contributed by atoms with Crippen LogP contribution in [0.3, 0.4) is 0 Å². The fourth-order valence-corrected chi connectivity index (χ4v) is 0.780. The first-order valence-electron chi connectivity index (χ1n) is 4.22. The molecule has 1 atom stereocenters. The second kappa shape index (κ2) is 3.75.